The lowest BCUT2D eigenvalue weighted by Gasteiger charge is -2.08. The van der Waals surface area contributed by atoms with Gasteiger partial charge in [0.2, 0.25) is 0 Å². The number of benzene rings is 1. The molecule has 1 nitrogen and oxygen atoms in total. The number of aromatic nitrogens is 1. The summed E-state index contributed by atoms with van der Waals surface area (Å²) in [6.07, 6.45) is 0. The molecule has 0 aliphatic carbocycles. The van der Waals surface area contributed by atoms with E-state index in [1.807, 2.05) is 13.8 Å². The lowest BCUT2D eigenvalue weighted by atomic mass is 10.1. The maximum atomic E-state index is 13.5. The molecule has 0 radical (unpaired) electrons. The smallest absolute Gasteiger partial charge is 0.137 e. The summed E-state index contributed by atoms with van der Waals surface area (Å²) in [5, 5.41) is 0.443. The Morgan fingerprint density at radius 3 is 2.50 bits per heavy atom. The van der Waals surface area contributed by atoms with Gasteiger partial charge in [0, 0.05) is 17.8 Å². The Balaban J connectivity index is 2.81. The molecule has 0 aliphatic heterocycles. The fraction of sp³-hybridized carbons (Fsp3) is 0.250. The van der Waals surface area contributed by atoms with E-state index < -0.39 is 11.6 Å². The van der Waals surface area contributed by atoms with Crippen LogP contribution in [0.15, 0.2) is 18.2 Å². The van der Waals surface area contributed by atoms with Crippen molar-refractivity contribution < 1.29 is 8.78 Å². The van der Waals surface area contributed by atoms with Crippen molar-refractivity contribution >= 4 is 22.5 Å². The van der Waals surface area contributed by atoms with Crippen LogP contribution >= 0.6 is 11.6 Å². The Morgan fingerprint density at radius 1 is 1.19 bits per heavy atom. The van der Waals surface area contributed by atoms with Gasteiger partial charge in [0.05, 0.1) is 15.9 Å². The summed E-state index contributed by atoms with van der Waals surface area (Å²) in [5.74, 6) is -1.16. The van der Waals surface area contributed by atoms with Crippen LogP contribution < -0.4 is 0 Å². The normalized spacial score (nSPS) is 11.4. The lowest BCUT2D eigenvalue weighted by Crippen LogP contribution is -1.95. The Kier molecular flexibility index (Phi) is 2.80. The first-order valence-corrected chi connectivity index (χ1v) is 5.32. The molecular formula is C12H10ClF2N. The van der Waals surface area contributed by atoms with Gasteiger partial charge in [-0.3, -0.25) is 4.98 Å². The third kappa shape index (κ3) is 1.87. The molecule has 0 amide bonds. The van der Waals surface area contributed by atoms with E-state index in [1.54, 1.807) is 6.07 Å². The predicted molar refractivity (Wildman–Crippen MR) is 60.8 cm³/mol. The molecule has 1 heterocycles. The van der Waals surface area contributed by atoms with Crippen LogP contribution in [0.2, 0.25) is 5.02 Å². The number of rotatable bonds is 1. The van der Waals surface area contributed by atoms with Crippen molar-refractivity contribution in [3.63, 3.8) is 0 Å². The van der Waals surface area contributed by atoms with E-state index in [0.29, 0.717) is 0 Å². The first kappa shape index (κ1) is 11.3. The van der Waals surface area contributed by atoms with Crippen LogP contribution in [-0.2, 0) is 0 Å². The maximum absolute atomic E-state index is 13.5. The number of fused-ring (bicyclic) bond motifs is 1. The third-order valence-corrected chi connectivity index (χ3v) is 2.69. The van der Waals surface area contributed by atoms with E-state index in [9.17, 15) is 8.78 Å². The molecule has 84 valence electrons. The van der Waals surface area contributed by atoms with Gasteiger partial charge in [0.1, 0.15) is 11.6 Å². The van der Waals surface area contributed by atoms with E-state index in [-0.39, 0.29) is 21.8 Å². The number of hydrogen-bond donors (Lipinski definition) is 0. The van der Waals surface area contributed by atoms with Crippen molar-refractivity contribution in [2.24, 2.45) is 0 Å². The van der Waals surface area contributed by atoms with Crippen LogP contribution in [0.1, 0.15) is 25.5 Å². The van der Waals surface area contributed by atoms with Gasteiger partial charge < -0.3 is 0 Å². The van der Waals surface area contributed by atoms with Crippen LogP contribution in [0.4, 0.5) is 8.78 Å². The van der Waals surface area contributed by atoms with Gasteiger partial charge in [-0.25, -0.2) is 8.78 Å². The lowest BCUT2D eigenvalue weighted by molar-refractivity contribution is 0.591. The zero-order chi connectivity index (χ0) is 11.9. The van der Waals surface area contributed by atoms with Gasteiger partial charge >= 0.3 is 0 Å². The number of nitrogens with zero attached hydrogens (tertiary/aromatic N) is 1. The molecule has 1 aromatic carbocycles. The standard InChI is InChI=1S/C12H10ClF2N/c1-6(2)10-5-8(13)12-9(15)3-7(14)4-11(12)16-10/h3-6H,1-2H3. The van der Waals surface area contributed by atoms with Crippen molar-refractivity contribution in [2.75, 3.05) is 0 Å². The molecule has 16 heavy (non-hydrogen) atoms. The molecule has 0 atom stereocenters. The van der Waals surface area contributed by atoms with Gasteiger partial charge in [-0.1, -0.05) is 25.4 Å². The highest BCUT2D eigenvalue weighted by atomic mass is 35.5. The Labute approximate surface area is 97.1 Å². The number of hydrogen-bond acceptors (Lipinski definition) is 1. The Hall–Kier alpha value is -1.22. The fourth-order valence-corrected chi connectivity index (χ4v) is 1.85. The summed E-state index contributed by atoms with van der Waals surface area (Å²) >= 11 is 5.96. The van der Waals surface area contributed by atoms with Crippen molar-refractivity contribution in [1.29, 1.82) is 0 Å². The predicted octanol–water partition coefficient (Wildman–Crippen LogP) is 4.29. The summed E-state index contributed by atoms with van der Waals surface area (Å²) in [7, 11) is 0. The SMILES string of the molecule is CC(C)c1cc(Cl)c2c(F)cc(F)cc2n1. The highest BCUT2D eigenvalue weighted by molar-refractivity contribution is 6.35. The van der Waals surface area contributed by atoms with E-state index >= 15 is 0 Å². The molecule has 4 heteroatoms. The van der Waals surface area contributed by atoms with E-state index in [1.165, 1.54) is 6.07 Å². The second kappa shape index (κ2) is 3.98. The summed E-state index contributed by atoms with van der Waals surface area (Å²) in [6, 6.07) is 3.62. The van der Waals surface area contributed by atoms with Crippen molar-refractivity contribution in [2.45, 2.75) is 19.8 Å². The van der Waals surface area contributed by atoms with Crippen LogP contribution in [-0.4, -0.2) is 4.98 Å². The van der Waals surface area contributed by atoms with Crippen molar-refractivity contribution in [1.82, 2.24) is 4.98 Å². The largest absolute Gasteiger partial charge is 0.252 e. The van der Waals surface area contributed by atoms with Crippen LogP contribution in [0.25, 0.3) is 10.9 Å². The molecule has 2 rings (SSSR count). The minimum Gasteiger partial charge on any atom is -0.252 e. The molecule has 0 spiro atoms. The average molecular weight is 242 g/mol. The third-order valence-electron chi connectivity index (χ3n) is 2.39. The maximum Gasteiger partial charge on any atom is 0.137 e. The van der Waals surface area contributed by atoms with E-state index in [0.717, 1.165) is 11.8 Å². The first-order valence-electron chi connectivity index (χ1n) is 4.94. The van der Waals surface area contributed by atoms with Crippen molar-refractivity contribution in [3.8, 4) is 0 Å². The summed E-state index contributed by atoms with van der Waals surface area (Å²) < 4.78 is 26.5. The second-order valence-corrected chi connectivity index (χ2v) is 4.37. The topological polar surface area (TPSA) is 12.9 Å². The number of halogens is 3. The zero-order valence-electron chi connectivity index (χ0n) is 8.89. The van der Waals surface area contributed by atoms with Gasteiger partial charge in [0.15, 0.2) is 0 Å². The van der Waals surface area contributed by atoms with Gasteiger partial charge in [-0.2, -0.15) is 0 Å². The number of pyridine rings is 1. The monoisotopic (exact) mass is 241 g/mol. The summed E-state index contributed by atoms with van der Waals surface area (Å²) in [5.41, 5.74) is 0.983. The van der Waals surface area contributed by atoms with Crippen LogP contribution in [0.3, 0.4) is 0 Å². The van der Waals surface area contributed by atoms with E-state index in [2.05, 4.69) is 4.98 Å². The molecule has 2 aromatic rings. The molecule has 0 bridgehead atoms. The van der Waals surface area contributed by atoms with Gasteiger partial charge in [-0.15, -0.1) is 0 Å². The highest BCUT2D eigenvalue weighted by Crippen LogP contribution is 2.28. The van der Waals surface area contributed by atoms with Crippen molar-refractivity contribution in [3.05, 3.63) is 40.6 Å². The Morgan fingerprint density at radius 2 is 1.88 bits per heavy atom. The minimum absolute atomic E-state index is 0.160. The molecule has 0 unspecified atom stereocenters. The quantitative estimate of drug-likeness (QED) is 0.726. The molecule has 0 saturated heterocycles. The van der Waals surface area contributed by atoms with Gasteiger partial charge in [0.25, 0.3) is 0 Å². The fourth-order valence-electron chi connectivity index (χ4n) is 1.55. The average Bonchev–Trinajstić information content (AvgIpc) is 2.15. The molecule has 0 aliphatic rings. The molecule has 0 saturated carbocycles. The summed E-state index contributed by atoms with van der Waals surface area (Å²) in [6.45, 7) is 3.89. The molecular weight excluding hydrogens is 232 g/mol. The summed E-state index contributed by atoms with van der Waals surface area (Å²) in [4.78, 5) is 4.19. The molecule has 0 N–H and O–H groups in total. The Bertz CT molecular complexity index is 552. The van der Waals surface area contributed by atoms with Gasteiger partial charge in [-0.05, 0) is 12.0 Å². The van der Waals surface area contributed by atoms with Crippen LogP contribution in [0.5, 0.6) is 0 Å². The highest BCUT2D eigenvalue weighted by Gasteiger charge is 2.12. The first-order chi connectivity index (χ1) is 7.49. The van der Waals surface area contributed by atoms with E-state index in [4.69, 9.17) is 11.6 Å². The second-order valence-electron chi connectivity index (χ2n) is 3.97. The molecule has 0 fully saturated rings. The minimum atomic E-state index is -0.678. The molecule has 1 aromatic heterocycles. The zero-order valence-corrected chi connectivity index (χ0v) is 9.65. The van der Waals surface area contributed by atoms with Crippen LogP contribution in [0, 0.1) is 11.6 Å².